The second-order valence-electron chi connectivity index (χ2n) is 16.9. The zero-order valence-corrected chi connectivity index (χ0v) is 35.2. The zero-order valence-electron chi connectivity index (χ0n) is 34.4. The summed E-state index contributed by atoms with van der Waals surface area (Å²) in [7, 11) is 0. The molecule has 62 heavy (non-hydrogen) atoms. The molecule has 2 bridgehead atoms. The van der Waals surface area contributed by atoms with Crippen molar-refractivity contribution in [3.63, 3.8) is 0 Å². The number of aromatic hydroxyl groups is 1. The van der Waals surface area contributed by atoms with Gasteiger partial charge >= 0.3 is 0 Å². The van der Waals surface area contributed by atoms with Crippen LogP contribution in [-0.2, 0) is 16.1 Å². The maximum Gasteiger partial charge on any atom is 0.254 e. The molecule has 7 heterocycles. The number of hydrogen-bond acceptors (Lipinski definition) is 12. The Balaban J connectivity index is 0.802. The van der Waals surface area contributed by atoms with E-state index in [1.54, 1.807) is 29.5 Å². The number of aromatic amines is 1. The molecular formula is C46H45N9O6S. The van der Waals surface area contributed by atoms with Gasteiger partial charge < -0.3 is 39.7 Å². The van der Waals surface area contributed by atoms with Crippen LogP contribution in [-0.4, -0.2) is 107 Å². The molecule has 15 nitrogen and oxygen atoms in total. The molecule has 3 fully saturated rings. The van der Waals surface area contributed by atoms with Crippen LogP contribution in [0.4, 0.5) is 5.82 Å². The van der Waals surface area contributed by atoms with Crippen LogP contribution < -0.4 is 10.2 Å². The molecule has 3 aromatic carbocycles. The summed E-state index contributed by atoms with van der Waals surface area (Å²) in [5.41, 5.74) is 7.87. The number of aryl methyl sites for hydroxylation is 1. The first-order valence-corrected chi connectivity index (χ1v) is 21.8. The number of phenols is 1. The van der Waals surface area contributed by atoms with Crippen LogP contribution in [0.15, 0.2) is 88.9 Å². The Morgan fingerprint density at radius 2 is 1.76 bits per heavy atom. The summed E-state index contributed by atoms with van der Waals surface area (Å²) in [6, 6.07) is 23.4. The molecule has 10 rings (SSSR count). The summed E-state index contributed by atoms with van der Waals surface area (Å²) in [4.78, 5) is 56.2. The van der Waals surface area contributed by atoms with Crippen molar-refractivity contribution in [1.29, 1.82) is 0 Å². The fourth-order valence-corrected chi connectivity index (χ4v) is 10.3. The first-order valence-electron chi connectivity index (χ1n) is 20.9. The van der Waals surface area contributed by atoms with Gasteiger partial charge in [0.1, 0.15) is 17.7 Å². The lowest BCUT2D eigenvalue weighted by atomic mass is 9.91. The van der Waals surface area contributed by atoms with Crippen molar-refractivity contribution in [2.75, 3.05) is 24.5 Å². The molecule has 0 saturated carbocycles. The Morgan fingerprint density at radius 1 is 0.935 bits per heavy atom. The minimum Gasteiger partial charge on any atom is -0.507 e. The molecule has 0 aliphatic carbocycles. The minimum absolute atomic E-state index is 0.0122. The molecular weight excluding hydrogens is 807 g/mol. The third-order valence-corrected chi connectivity index (χ3v) is 13.6. The summed E-state index contributed by atoms with van der Waals surface area (Å²) in [6.07, 6.45) is 0.0835. The number of aliphatic hydroxyl groups is 1. The Bertz CT molecular complexity index is 2850. The fraction of sp³-hybridized carbons (Fsp3) is 0.326. The summed E-state index contributed by atoms with van der Waals surface area (Å²) < 4.78 is 5.90. The van der Waals surface area contributed by atoms with Crippen molar-refractivity contribution >= 4 is 56.8 Å². The van der Waals surface area contributed by atoms with Gasteiger partial charge in [0.05, 0.1) is 40.0 Å². The topological polar surface area (TPSA) is 194 Å². The summed E-state index contributed by atoms with van der Waals surface area (Å²) >= 11 is 1.58. The number of carbonyl (C=O) groups excluding carboxylic acids is 3. The number of hydrogen-bond donors (Lipinski definition) is 4. The van der Waals surface area contributed by atoms with Crippen molar-refractivity contribution in [1.82, 2.24) is 40.4 Å². The number of aromatic nitrogens is 5. The zero-order chi connectivity index (χ0) is 42.8. The third kappa shape index (κ3) is 7.02. The normalized spacial score (nSPS) is 20.2. The van der Waals surface area contributed by atoms with Crippen LogP contribution in [0, 0.1) is 12.8 Å². The van der Waals surface area contributed by atoms with Gasteiger partial charge in [-0.25, -0.2) is 4.98 Å². The van der Waals surface area contributed by atoms with Crippen molar-refractivity contribution in [2.45, 2.75) is 70.3 Å². The number of carbonyl (C=O) groups is 3. The summed E-state index contributed by atoms with van der Waals surface area (Å²) in [5, 5.41) is 38.9. The Morgan fingerprint density at radius 3 is 2.50 bits per heavy atom. The Hall–Kier alpha value is -6.65. The Kier molecular flexibility index (Phi) is 9.98. The van der Waals surface area contributed by atoms with Crippen LogP contribution >= 0.6 is 11.3 Å². The number of nitrogens with one attached hydrogen (secondary N) is 2. The predicted molar refractivity (Wildman–Crippen MR) is 233 cm³/mol. The predicted octanol–water partition coefficient (Wildman–Crippen LogP) is 6.02. The van der Waals surface area contributed by atoms with E-state index in [0.717, 1.165) is 44.4 Å². The maximum absolute atomic E-state index is 14.3. The number of para-hydroxylation sites is 1. The molecule has 0 spiro atoms. The quantitative estimate of drug-likeness (QED) is 0.126. The van der Waals surface area contributed by atoms with Crippen LogP contribution in [0.2, 0.25) is 0 Å². The molecule has 5 atom stereocenters. The highest BCUT2D eigenvalue weighted by Crippen LogP contribution is 2.39. The average molecular weight is 852 g/mol. The number of rotatable bonds is 10. The maximum atomic E-state index is 14.3. The molecule has 3 amide bonds. The first-order chi connectivity index (χ1) is 30.0. The highest BCUT2D eigenvalue weighted by molar-refractivity contribution is 7.13. The summed E-state index contributed by atoms with van der Waals surface area (Å²) in [5.74, 6) is -0.475. The van der Waals surface area contributed by atoms with Gasteiger partial charge in [-0.2, -0.15) is 0 Å². The van der Waals surface area contributed by atoms with E-state index in [2.05, 4.69) is 35.5 Å². The van der Waals surface area contributed by atoms with E-state index in [9.17, 15) is 24.6 Å². The molecule has 3 saturated heterocycles. The van der Waals surface area contributed by atoms with Gasteiger partial charge in [-0.15, -0.1) is 21.5 Å². The van der Waals surface area contributed by atoms with Crippen LogP contribution in [0.3, 0.4) is 0 Å². The van der Waals surface area contributed by atoms with Gasteiger partial charge in [0.15, 0.2) is 17.2 Å². The number of nitrogens with zero attached hydrogens (tertiary/aromatic N) is 7. The number of aliphatic hydroxyl groups excluding tert-OH is 1. The molecule has 0 unspecified atom stereocenters. The highest BCUT2D eigenvalue weighted by Gasteiger charge is 2.47. The van der Waals surface area contributed by atoms with E-state index in [1.807, 2.05) is 91.8 Å². The number of β-amino-alcohol motifs (C(OH)–C–C–N with tert-alkyl or cyclic N) is 1. The minimum atomic E-state index is -0.831. The monoisotopic (exact) mass is 851 g/mol. The van der Waals surface area contributed by atoms with Gasteiger partial charge in [-0.3, -0.25) is 14.4 Å². The standard InChI is InChI=1S/C46H45N9O6S/c1-24(2)41(46(60)55-22-31(56)16-37(55)44(58)47-19-26-8-10-27(11-9-26)42-25(3)48-23-62-42)39-18-40(52-61-39)53-20-30-15-29(53)21-54(30)45(59)28-12-13-35-33(14-28)34-17-36(50-51-43(34)49-35)32-6-4-5-7-38(32)57/h4-14,17-18,23-24,29-31,37,41,56-57H,15-16,19-22H2,1-3H3,(H,47,58)(H,49,51)/t29-,30-,31+,37-,41-/m0/s1. The second kappa shape index (κ2) is 15.7. The van der Waals surface area contributed by atoms with Gasteiger partial charge in [-0.1, -0.05) is 55.4 Å². The van der Waals surface area contributed by atoms with Gasteiger partial charge in [0, 0.05) is 66.1 Å². The molecule has 0 radical (unpaired) electrons. The van der Waals surface area contributed by atoms with Crippen LogP contribution in [0.5, 0.6) is 5.75 Å². The van der Waals surface area contributed by atoms with Gasteiger partial charge in [0.25, 0.3) is 5.91 Å². The van der Waals surface area contributed by atoms with E-state index in [-0.39, 0.29) is 61.0 Å². The highest BCUT2D eigenvalue weighted by atomic mass is 32.1. The number of H-pyrrole nitrogens is 1. The number of anilines is 1. The number of amides is 3. The number of piperazine rings is 1. The lowest BCUT2D eigenvalue weighted by Gasteiger charge is -2.34. The van der Waals surface area contributed by atoms with Crippen molar-refractivity contribution in [3.05, 3.63) is 107 Å². The number of likely N-dealkylation sites (tertiary alicyclic amines) is 2. The number of phenolic OH excluding ortho intramolecular Hbond substituents is 1. The number of benzene rings is 3. The van der Waals surface area contributed by atoms with Gasteiger partial charge in [0.2, 0.25) is 11.8 Å². The van der Waals surface area contributed by atoms with E-state index in [0.29, 0.717) is 47.1 Å². The largest absolute Gasteiger partial charge is 0.507 e. The fourth-order valence-electron chi connectivity index (χ4n) is 9.45. The SMILES string of the molecule is Cc1ncsc1-c1ccc(CNC(=O)[C@@H]2C[C@@H](O)CN2C(=O)[C@H](c2cc(N3C[C@@H]4C[C@H]3CN4C(=O)c3ccc4[nH]c5nnc(-c6ccccc6O)cc5c4c3)no2)C(C)C)cc1. The molecule has 316 valence electrons. The average Bonchev–Trinajstić information content (AvgIpc) is 4.15. The van der Waals surface area contributed by atoms with Crippen molar-refractivity contribution in [2.24, 2.45) is 5.92 Å². The van der Waals surface area contributed by atoms with Crippen LogP contribution in [0.1, 0.15) is 60.0 Å². The van der Waals surface area contributed by atoms with Crippen molar-refractivity contribution in [3.8, 4) is 27.4 Å². The molecule has 4 N–H and O–H groups in total. The molecule has 7 aromatic rings. The lowest BCUT2D eigenvalue weighted by Crippen LogP contribution is -2.49. The number of thiazole rings is 1. The molecule has 3 aliphatic heterocycles. The third-order valence-electron chi connectivity index (χ3n) is 12.6. The molecule has 4 aromatic heterocycles. The molecule has 16 heteroatoms. The van der Waals surface area contributed by atoms with E-state index in [1.165, 1.54) is 4.90 Å². The Labute approximate surface area is 360 Å². The number of fused-ring (bicyclic) bond motifs is 5. The van der Waals surface area contributed by atoms with Crippen molar-refractivity contribution < 1.29 is 29.1 Å². The van der Waals surface area contributed by atoms with Crippen LogP contribution in [0.25, 0.3) is 43.6 Å². The van der Waals surface area contributed by atoms with Gasteiger partial charge in [-0.05, 0) is 66.8 Å². The van der Waals surface area contributed by atoms with E-state index < -0.39 is 18.1 Å². The second-order valence-corrected chi connectivity index (χ2v) is 17.8. The van der Waals surface area contributed by atoms with E-state index in [4.69, 9.17) is 4.52 Å². The summed E-state index contributed by atoms with van der Waals surface area (Å²) in [6.45, 7) is 7.23. The van der Waals surface area contributed by atoms with E-state index >= 15 is 0 Å². The molecule has 3 aliphatic rings. The smallest absolute Gasteiger partial charge is 0.254 e. The lowest BCUT2D eigenvalue weighted by molar-refractivity contribution is -0.141. The first kappa shape index (κ1) is 39.5.